The first-order valence-corrected chi connectivity index (χ1v) is 10.9. The Hall–Kier alpha value is -2.93. The number of benzene rings is 1. The molecule has 7 heteroatoms. The summed E-state index contributed by atoms with van der Waals surface area (Å²) < 4.78 is 0. The number of anilines is 1. The van der Waals surface area contributed by atoms with Crippen molar-refractivity contribution in [2.24, 2.45) is 0 Å². The van der Waals surface area contributed by atoms with E-state index >= 15 is 0 Å². The van der Waals surface area contributed by atoms with Crippen LogP contribution in [0.4, 0.5) is 5.82 Å². The second-order valence-electron chi connectivity index (χ2n) is 6.72. The highest BCUT2D eigenvalue weighted by atomic mass is 32.2. The number of carbonyl (C=O) groups excluding carboxylic acids is 1. The molecule has 0 saturated carbocycles. The predicted octanol–water partition coefficient (Wildman–Crippen LogP) is 3.06. The molecule has 1 aliphatic heterocycles. The number of hydrogen-bond donors (Lipinski definition) is 1. The Balaban J connectivity index is 1.55. The molecule has 1 amide bonds. The van der Waals surface area contributed by atoms with Gasteiger partial charge in [0.15, 0.2) is 5.82 Å². The molecule has 0 spiro atoms. The van der Waals surface area contributed by atoms with Gasteiger partial charge in [-0.25, -0.2) is 9.97 Å². The summed E-state index contributed by atoms with van der Waals surface area (Å²) in [5.74, 6) is 3.28. The van der Waals surface area contributed by atoms with Crippen molar-refractivity contribution in [1.82, 2.24) is 20.3 Å². The van der Waals surface area contributed by atoms with E-state index in [2.05, 4.69) is 20.2 Å². The molecule has 3 aromatic rings. The van der Waals surface area contributed by atoms with E-state index < -0.39 is 0 Å². The van der Waals surface area contributed by atoms with E-state index in [-0.39, 0.29) is 5.91 Å². The number of nitrogens with one attached hydrogen (secondary N) is 1. The van der Waals surface area contributed by atoms with Crippen molar-refractivity contribution in [3.8, 4) is 11.4 Å². The van der Waals surface area contributed by atoms with Crippen LogP contribution in [0, 0.1) is 0 Å². The summed E-state index contributed by atoms with van der Waals surface area (Å²) in [6, 6.07) is 15.7. The van der Waals surface area contributed by atoms with Crippen molar-refractivity contribution in [2.45, 2.75) is 6.42 Å². The molecule has 6 nitrogen and oxygen atoms in total. The molecule has 148 valence electrons. The Morgan fingerprint density at radius 1 is 1.03 bits per heavy atom. The predicted molar refractivity (Wildman–Crippen MR) is 117 cm³/mol. The lowest BCUT2D eigenvalue weighted by atomic mass is 10.2. The number of carbonyl (C=O) groups is 1. The van der Waals surface area contributed by atoms with Gasteiger partial charge in [0.1, 0.15) is 11.4 Å². The number of nitrogens with zero attached hydrogens (tertiary/aromatic N) is 4. The van der Waals surface area contributed by atoms with Gasteiger partial charge in [-0.15, -0.1) is 0 Å². The topological polar surface area (TPSA) is 71.0 Å². The Morgan fingerprint density at radius 2 is 1.83 bits per heavy atom. The average Bonchev–Trinajstić information content (AvgIpc) is 2.80. The van der Waals surface area contributed by atoms with Gasteiger partial charge in [-0.3, -0.25) is 9.78 Å². The summed E-state index contributed by atoms with van der Waals surface area (Å²) in [5, 5.41) is 3.00. The SMILES string of the molecule is O=C(NCCc1ccccn1)c1cnc(-c2ccccc2)nc1N1CCSCC1. The maximum atomic E-state index is 12.9. The average molecular weight is 406 g/mol. The third-order valence-corrected chi connectivity index (χ3v) is 5.69. The summed E-state index contributed by atoms with van der Waals surface area (Å²) in [5.41, 5.74) is 2.43. The fourth-order valence-electron chi connectivity index (χ4n) is 3.22. The summed E-state index contributed by atoms with van der Waals surface area (Å²) in [6.07, 6.45) is 4.10. The second kappa shape index (κ2) is 9.52. The summed E-state index contributed by atoms with van der Waals surface area (Å²) in [4.78, 5) is 28.7. The number of pyridine rings is 1. The molecule has 1 fully saturated rings. The van der Waals surface area contributed by atoms with Crippen LogP contribution in [0.1, 0.15) is 16.1 Å². The Kier molecular flexibility index (Phi) is 6.36. The van der Waals surface area contributed by atoms with E-state index in [0.29, 0.717) is 24.4 Å². The van der Waals surface area contributed by atoms with E-state index in [1.807, 2.05) is 60.3 Å². The quantitative estimate of drug-likeness (QED) is 0.680. The highest BCUT2D eigenvalue weighted by Gasteiger charge is 2.22. The van der Waals surface area contributed by atoms with Crippen molar-refractivity contribution in [1.29, 1.82) is 0 Å². The monoisotopic (exact) mass is 405 g/mol. The highest BCUT2D eigenvalue weighted by molar-refractivity contribution is 7.99. The van der Waals surface area contributed by atoms with Crippen LogP contribution in [0.15, 0.2) is 60.9 Å². The molecule has 2 aromatic heterocycles. The number of aromatic nitrogens is 3. The van der Waals surface area contributed by atoms with Gasteiger partial charge in [0.2, 0.25) is 0 Å². The smallest absolute Gasteiger partial charge is 0.256 e. The molecule has 0 unspecified atom stereocenters. The van der Waals surface area contributed by atoms with Gasteiger partial charge < -0.3 is 10.2 Å². The van der Waals surface area contributed by atoms with Crippen LogP contribution < -0.4 is 10.2 Å². The van der Waals surface area contributed by atoms with Crippen LogP contribution in [-0.2, 0) is 6.42 Å². The molecule has 0 aliphatic carbocycles. The van der Waals surface area contributed by atoms with E-state index in [4.69, 9.17) is 4.98 Å². The third-order valence-electron chi connectivity index (χ3n) is 4.75. The molecule has 1 aliphatic rings. The van der Waals surface area contributed by atoms with Crippen LogP contribution in [-0.4, -0.2) is 52.0 Å². The van der Waals surface area contributed by atoms with Gasteiger partial charge in [-0.1, -0.05) is 36.4 Å². The van der Waals surface area contributed by atoms with E-state index in [1.165, 1.54) is 0 Å². The summed E-state index contributed by atoms with van der Waals surface area (Å²) in [7, 11) is 0. The van der Waals surface area contributed by atoms with Crippen molar-refractivity contribution in [2.75, 3.05) is 36.0 Å². The zero-order valence-corrected chi connectivity index (χ0v) is 16.9. The number of amides is 1. The normalized spacial score (nSPS) is 13.9. The van der Waals surface area contributed by atoms with Gasteiger partial charge in [0.25, 0.3) is 5.91 Å². The lowest BCUT2D eigenvalue weighted by Gasteiger charge is -2.29. The molecular weight excluding hydrogens is 382 g/mol. The first kappa shape index (κ1) is 19.4. The minimum absolute atomic E-state index is 0.145. The summed E-state index contributed by atoms with van der Waals surface area (Å²) in [6.45, 7) is 2.28. The van der Waals surface area contributed by atoms with Gasteiger partial charge in [0, 0.05) is 61.2 Å². The van der Waals surface area contributed by atoms with Crippen LogP contribution in [0.25, 0.3) is 11.4 Å². The largest absolute Gasteiger partial charge is 0.354 e. The molecule has 0 bridgehead atoms. The number of hydrogen-bond acceptors (Lipinski definition) is 6. The molecular formula is C22H23N5OS. The molecule has 0 atom stereocenters. The van der Waals surface area contributed by atoms with Gasteiger partial charge in [0.05, 0.1) is 0 Å². The molecule has 1 N–H and O–H groups in total. The minimum Gasteiger partial charge on any atom is -0.354 e. The fourth-order valence-corrected chi connectivity index (χ4v) is 4.12. The van der Waals surface area contributed by atoms with Crippen LogP contribution in [0.2, 0.25) is 0 Å². The van der Waals surface area contributed by atoms with Gasteiger partial charge in [-0.05, 0) is 12.1 Å². The van der Waals surface area contributed by atoms with Gasteiger partial charge >= 0.3 is 0 Å². The van der Waals surface area contributed by atoms with Crippen molar-refractivity contribution >= 4 is 23.5 Å². The highest BCUT2D eigenvalue weighted by Crippen LogP contribution is 2.24. The first-order chi connectivity index (χ1) is 14.3. The van der Waals surface area contributed by atoms with E-state index in [9.17, 15) is 4.79 Å². The Morgan fingerprint density at radius 3 is 2.59 bits per heavy atom. The van der Waals surface area contributed by atoms with Crippen LogP contribution >= 0.6 is 11.8 Å². The zero-order chi connectivity index (χ0) is 19.9. The van der Waals surface area contributed by atoms with Crippen LogP contribution in [0.5, 0.6) is 0 Å². The van der Waals surface area contributed by atoms with Gasteiger partial charge in [-0.2, -0.15) is 11.8 Å². The molecule has 4 rings (SSSR count). The molecule has 1 aromatic carbocycles. The zero-order valence-electron chi connectivity index (χ0n) is 16.1. The van der Waals surface area contributed by atoms with Crippen molar-refractivity contribution < 1.29 is 4.79 Å². The second-order valence-corrected chi connectivity index (χ2v) is 7.95. The number of thioether (sulfide) groups is 1. The third kappa shape index (κ3) is 4.92. The van der Waals surface area contributed by atoms with Crippen LogP contribution in [0.3, 0.4) is 0 Å². The summed E-state index contributed by atoms with van der Waals surface area (Å²) >= 11 is 1.93. The van der Waals surface area contributed by atoms with Crippen molar-refractivity contribution in [3.05, 3.63) is 72.2 Å². The number of rotatable bonds is 6. The lowest BCUT2D eigenvalue weighted by molar-refractivity contribution is 0.0954. The van der Waals surface area contributed by atoms with Crippen molar-refractivity contribution in [3.63, 3.8) is 0 Å². The lowest BCUT2D eigenvalue weighted by Crippen LogP contribution is -2.36. The Labute approximate surface area is 174 Å². The maximum absolute atomic E-state index is 12.9. The van der Waals surface area contributed by atoms with E-state index in [1.54, 1.807) is 12.4 Å². The standard InChI is InChI=1S/C22H23N5OS/c28-22(24-11-9-18-8-4-5-10-23-18)19-16-25-20(17-6-2-1-3-7-17)26-21(19)27-12-14-29-15-13-27/h1-8,10,16H,9,11-15H2,(H,24,28). The maximum Gasteiger partial charge on any atom is 0.256 e. The minimum atomic E-state index is -0.145. The first-order valence-electron chi connectivity index (χ1n) is 9.74. The molecule has 29 heavy (non-hydrogen) atoms. The molecule has 3 heterocycles. The Bertz CT molecular complexity index is 946. The molecule has 0 radical (unpaired) electrons. The van der Waals surface area contributed by atoms with E-state index in [0.717, 1.165) is 41.7 Å². The fraction of sp³-hybridized carbons (Fsp3) is 0.273. The molecule has 1 saturated heterocycles.